The first-order valence-electron chi connectivity index (χ1n) is 6.72. The van der Waals surface area contributed by atoms with Gasteiger partial charge in [0, 0.05) is 5.56 Å². The van der Waals surface area contributed by atoms with Crippen molar-refractivity contribution in [1.82, 2.24) is 0 Å². The molecule has 20 heavy (non-hydrogen) atoms. The van der Waals surface area contributed by atoms with Gasteiger partial charge in [-0.05, 0) is 35.7 Å². The molecule has 2 N–H and O–H groups in total. The van der Waals surface area contributed by atoms with Crippen LogP contribution >= 0.6 is 0 Å². The molecule has 0 saturated heterocycles. The van der Waals surface area contributed by atoms with E-state index in [-0.39, 0.29) is 17.4 Å². The van der Waals surface area contributed by atoms with Gasteiger partial charge in [0.15, 0.2) is 6.23 Å². The third-order valence-electron chi connectivity index (χ3n) is 3.50. The number of phenolic OH excluding ortho intramolecular Hbond substituents is 1. The van der Waals surface area contributed by atoms with Crippen LogP contribution in [0.1, 0.15) is 38.1 Å². The van der Waals surface area contributed by atoms with Gasteiger partial charge in [0.25, 0.3) is 0 Å². The molecule has 0 aliphatic carbocycles. The number of ether oxygens (including phenoxy) is 1. The molecule has 103 valence electrons. The number of rotatable bonds is 1. The Balaban J connectivity index is 1.98. The molecule has 0 saturated carbocycles. The molecule has 0 amide bonds. The minimum atomic E-state index is -0.369. The molecular weight excluding hydrogens is 250 g/mol. The highest BCUT2D eigenvalue weighted by Crippen LogP contribution is 2.42. The molecule has 3 nitrogen and oxygen atoms in total. The molecule has 0 fully saturated rings. The Morgan fingerprint density at radius 3 is 2.65 bits per heavy atom. The lowest BCUT2D eigenvalue weighted by Gasteiger charge is -2.23. The zero-order valence-electron chi connectivity index (χ0n) is 11.9. The van der Waals surface area contributed by atoms with E-state index in [1.54, 1.807) is 6.07 Å². The zero-order valence-corrected chi connectivity index (χ0v) is 11.9. The van der Waals surface area contributed by atoms with E-state index in [4.69, 9.17) is 4.74 Å². The number of benzene rings is 2. The summed E-state index contributed by atoms with van der Waals surface area (Å²) < 4.78 is 5.85. The van der Waals surface area contributed by atoms with Crippen LogP contribution < -0.4 is 10.1 Å². The number of phenols is 1. The van der Waals surface area contributed by atoms with E-state index in [2.05, 4.69) is 32.2 Å². The van der Waals surface area contributed by atoms with E-state index in [1.807, 2.05) is 30.3 Å². The van der Waals surface area contributed by atoms with Crippen molar-refractivity contribution in [2.24, 2.45) is 0 Å². The molecule has 1 heterocycles. The molecule has 1 aliphatic rings. The summed E-state index contributed by atoms with van der Waals surface area (Å²) in [6, 6.07) is 14.5. The van der Waals surface area contributed by atoms with Crippen LogP contribution in [-0.2, 0) is 5.41 Å². The molecule has 2 aromatic rings. The first-order valence-corrected chi connectivity index (χ1v) is 6.72. The van der Waals surface area contributed by atoms with E-state index in [9.17, 15) is 5.11 Å². The van der Waals surface area contributed by atoms with Gasteiger partial charge in [0.05, 0.1) is 11.3 Å². The van der Waals surface area contributed by atoms with Crippen LogP contribution in [0.2, 0.25) is 0 Å². The topological polar surface area (TPSA) is 41.5 Å². The maximum Gasteiger partial charge on any atom is 0.200 e. The largest absolute Gasteiger partial charge is 0.507 e. The third-order valence-corrected chi connectivity index (χ3v) is 3.50. The summed E-state index contributed by atoms with van der Waals surface area (Å²) in [5, 5.41) is 13.8. The highest BCUT2D eigenvalue weighted by Gasteiger charge is 2.28. The molecule has 1 radical (unpaired) electrons. The fourth-order valence-corrected chi connectivity index (χ4v) is 2.41. The maximum absolute atomic E-state index is 10.5. The summed E-state index contributed by atoms with van der Waals surface area (Å²) in [5.74, 6) is 1.08. The van der Waals surface area contributed by atoms with Crippen LogP contribution in [0.25, 0.3) is 0 Å². The Morgan fingerprint density at radius 1 is 1.20 bits per heavy atom. The number of hydrogen-bond donors (Lipinski definition) is 2. The van der Waals surface area contributed by atoms with Gasteiger partial charge >= 0.3 is 0 Å². The summed E-state index contributed by atoms with van der Waals surface area (Å²) in [7, 11) is 0. The summed E-state index contributed by atoms with van der Waals surface area (Å²) >= 11 is 0. The minimum absolute atomic E-state index is 0.137. The Bertz CT molecular complexity index is 619. The Morgan fingerprint density at radius 2 is 1.95 bits per heavy atom. The van der Waals surface area contributed by atoms with Gasteiger partial charge in [-0.3, -0.25) is 0 Å². The van der Waals surface area contributed by atoms with Crippen LogP contribution in [-0.4, -0.2) is 5.11 Å². The molecule has 3 heteroatoms. The van der Waals surface area contributed by atoms with Gasteiger partial charge in [-0.15, -0.1) is 0 Å². The summed E-state index contributed by atoms with van der Waals surface area (Å²) in [4.78, 5) is 0. The molecule has 1 atom stereocenters. The van der Waals surface area contributed by atoms with E-state index in [1.165, 1.54) is 0 Å². The average molecular weight is 268 g/mol. The SMILES string of the molecule is CC(C)(C)c1c[c]cc(C2Nc3ccccc3O2)c1O. The Hall–Kier alpha value is -2.16. The lowest BCUT2D eigenvalue weighted by atomic mass is 9.85. The normalized spacial score (nSPS) is 17.2. The van der Waals surface area contributed by atoms with Crippen LogP contribution in [0.3, 0.4) is 0 Å². The van der Waals surface area contributed by atoms with Crippen LogP contribution in [0.15, 0.2) is 36.4 Å². The fraction of sp³-hybridized carbons (Fsp3) is 0.294. The third kappa shape index (κ3) is 2.09. The van der Waals surface area contributed by atoms with Crippen molar-refractivity contribution in [2.75, 3.05) is 5.32 Å². The molecule has 1 aliphatic heterocycles. The number of nitrogens with one attached hydrogen (secondary N) is 1. The first-order chi connectivity index (χ1) is 9.47. The van der Waals surface area contributed by atoms with Crippen LogP contribution in [0, 0.1) is 6.07 Å². The molecule has 1 unspecified atom stereocenters. The van der Waals surface area contributed by atoms with Crippen LogP contribution in [0.4, 0.5) is 5.69 Å². The standard InChI is InChI=1S/C17H18NO2/c1-17(2,3)12-8-6-7-11(15(12)19)16-18-13-9-4-5-10-14(13)20-16/h4-5,7-10,16,18-19H,1-3H3. The molecule has 2 aromatic carbocycles. The van der Waals surface area contributed by atoms with Crippen molar-refractivity contribution < 1.29 is 9.84 Å². The van der Waals surface area contributed by atoms with Gasteiger partial charge in [-0.1, -0.05) is 32.9 Å². The van der Waals surface area contributed by atoms with E-state index in [0.717, 1.165) is 17.0 Å². The second-order valence-corrected chi connectivity index (χ2v) is 6.06. The lowest BCUT2D eigenvalue weighted by molar-refractivity contribution is 0.253. The van der Waals surface area contributed by atoms with Crippen molar-refractivity contribution in [3.8, 4) is 11.5 Å². The van der Waals surface area contributed by atoms with Crippen molar-refractivity contribution in [2.45, 2.75) is 32.4 Å². The van der Waals surface area contributed by atoms with Crippen molar-refractivity contribution in [3.63, 3.8) is 0 Å². The summed E-state index contributed by atoms with van der Waals surface area (Å²) in [6.45, 7) is 6.20. The zero-order chi connectivity index (χ0) is 14.3. The molecule has 0 aromatic heterocycles. The predicted octanol–water partition coefficient (Wildman–Crippen LogP) is 3.99. The number of para-hydroxylation sites is 2. The quantitative estimate of drug-likeness (QED) is 0.821. The highest BCUT2D eigenvalue weighted by atomic mass is 16.5. The summed E-state index contributed by atoms with van der Waals surface area (Å²) in [6.07, 6.45) is -0.369. The van der Waals surface area contributed by atoms with E-state index in [0.29, 0.717) is 5.56 Å². The monoisotopic (exact) mass is 268 g/mol. The van der Waals surface area contributed by atoms with Gasteiger partial charge in [0.2, 0.25) is 0 Å². The molecule has 0 bridgehead atoms. The smallest absolute Gasteiger partial charge is 0.200 e. The molecular formula is C17H18NO2. The first kappa shape index (κ1) is 12.9. The lowest BCUT2D eigenvalue weighted by Crippen LogP contribution is -2.15. The van der Waals surface area contributed by atoms with E-state index < -0.39 is 0 Å². The minimum Gasteiger partial charge on any atom is -0.507 e. The maximum atomic E-state index is 10.5. The van der Waals surface area contributed by atoms with Crippen molar-refractivity contribution in [1.29, 1.82) is 0 Å². The highest BCUT2D eigenvalue weighted by molar-refractivity contribution is 5.62. The molecule has 3 rings (SSSR count). The number of hydrogen-bond acceptors (Lipinski definition) is 3. The van der Waals surface area contributed by atoms with E-state index >= 15 is 0 Å². The van der Waals surface area contributed by atoms with Gasteiger partial charge in [0.1, 0.15) is 11.5 Å². The molecule has 0 spiro atoms. The predicted molar refractivity (Wildman–Crippen MR) is 79.1 cm³/mol. The van der Waals surface area contributed by atoms with Crippen molar-refractivity contribution >= 4 is 5.69 Å². The second-order valence-electron chi connectivity index (χ2n) is 6.06. The Labute approximate surface area is 119 Å². The number of fused-ring (bicyclic) bond motifs is 1. The van der Waals surface area contributed by atoms with Crippen molar-refractivity contribution in [3.05, 3.63) is 53.6 Å². The average Bonchev–Trinajstić information content (AvgIpc) is 2.81. The summed E-state index contributed by atoms with van der Waals surface area (Å²) in [5.41, 5.74) is 2.39. The Kier molecular flexibility index (Phi) is 2.85. The van der Waals surface area contributed by atoms with Crippen LogP contribution in [0.5, 0.6) is 11.5 Å². The van der Waals surface area contributed by atoms with Gasteiger partial charge in [-0.2, -0.15) is 0 Å². The van der Waals surface area contributed by atoms with Gasteiger partial charge in [-0.25, -0.2) is 0 Å². The fourth-order valence-electron chi connectivity index (χ4n) is 2.41. The number of anilines is 1. The number of aromatic hydroxyl groups is 1. The van der Waals surface area contributed by atoms with Gasteiger partial charge < -0.3 is 15.2 Å². The second kappa shape index (κ2) is 4.44.